The fourth-order valence-electron chi connectivity index (χ4n) is 2.63. The van der Waals surface area contributed by atoms with Gasteiger partial charge >= 0.3 is 11.9 Å². The average molecular weight is 382 g/mol. The standard InChI is InChI=1S/C16H18N2O7S/c1-25-17-9(7-14(21)22)6-13(20)18-11(16(23)24)8-26-15(18)10-4-2-3-5-12(10)19/h2-5,11,15,19H,6-8H2,1H3,(H,21,22)(H,23,24)/b17-9-/t11-,15?/m0/s1. The van der Waals surface area contributed by atoms with Gasteiger partial charge in [0.15, 0.2) is 0 Å². The SMILES string of the molecule is CO/N=C(\CC(=O)O)CC(=O)N1C(c2ccccc2O)SC[C@H]1C(=O)O. The van der Waals surface area contributed by atoms with Gasteiger partial charge in [0.2, 0.25) is 5.91 Å². The predicted molar refractivity (Wildman–Crippen MR) is 92.9 cm³/mol. The van der Waals surface area contributed by atoms with Crippen molar-refractivity contribution in [3.63, 3.8) is 0 Å². The Balaban J connectivity index is 2.31. The number of aliphatic carboxylic acids is 2. The van der Waals surface area contributed by atoms with Crippen LogP contribution in [0.4, 0.5) is 0 Å². The molecule has 0 saturated carbocycles. The quantitative estimate of drug-likeness (QED) is 0.474. The van der Waals surface area contributed by atoms with Crippen molar-refractivity contribution in [2.75, 3.05) is 12.9 Å². The monoisotopic (exact) mass is 382 g/mol. The molecule has 2 rings (SSSR count). The summed E-state index contributed by atoms with van der Waals surface area (Å²) in [5.74, 6) is -2.86. The minimum Gasteiger partial charge on any atom is -0.508 e. The highest BCUT2D eigenvalue weighted by Gasteiger charge is 2.43. The third-order valence-corrected chi connectivity index (χ3v) is 5.01. The number of phenols is 1. The molecular formula is C16H18N2O7S. The Morgan fingerprint density at radius 2 is 1.96 bits per heavy atom. The van der Waals surface area contributed by atoms with Crippen molar-refractivity contribution in [2.45, 2.75) is 24.3 Å². The van der Waals surface area contributed by atoms with Gasteiger partial charge in [-0.1, -0.05) is 23.4 Å². The summed E-state index contributed by atoms with van der Waals surface area (Å²) >= 11 is 1.21. The molecule has 1 fully saturated rings. The zero-order chi connectivity index (χ0) is 19.3. The van der Waals surface area contributed by atoms with Gasteiger partial charge in [0.1, 0.15) is 24.3 Å². The summed E-state index contributed by atoms with van der Waals surface area (Å²) in [6, 6.07) is 5.27. The number of carbonyl (C=O) groups excluding carboxylic acids is 1. The molecule has 0 spiro atoms. The number of phenolic OH excluding ortho intramolecular Hbond substituents is 1. The van der Waals surface area contributed by atoms with E-state index in [0.29, 0.717) is 5.56 Å². The van der Waals surface area contributed by atoms with Crippen LogP contribution < -0.4 is 0 Å². The number of nitrogens with zero attached hydrogens (tertiary/aromatic N) is 2. The zero-order valence-corrected chi connectivity index (χ0v) is 14.7. The Hall–Kier alpha value is -2.75. The van der Waals surface area contributed by atoms with Crippen LogP contribution in [-0.2, 0) is 19.2 Å². The first-order chi connectivity index (χ1) is 12.3. The van der Waals surface area contributed by atoms with E-state index in [-0.39, 0.29) is 17.2 Å². The number of thioether (sulfide) groups is 1. The molecule has 0 aliphatic carbocycles. The number of hydrogen-bond donors (Lipinski definition) is 3. The van der Waals surface area contributed by atoms with Gasteiger partial charge in [-0.15, -0.1) is 11.8 Å². The average Bonchev–Trinajstić information content (AvgIpc) is 3.00. The van der Waals surface area contributed by atoms with E-state index >= 15 is 0 Å². The van der Waals surface area contributed by atoms with Crippen molar-refractivity contribution < 1.29 is 34.5 Å². The van der Waals surface area contributed by atoms with Gasteiger partial charge in [0.05, 0.1) is 18.6 Å². The minimum absolute atomic E-state index is 0.0259. The summed E-state index contributed by atoms with van der Waals surface area (Å²) in [7, 11) is 1.23. The van der Waals surface area contributed by atoms with Gasteiger partial charge < -0.3 is 25.1 Å². The van der Waals surface area contributed by atoms with E-state index in [9.17, 15) is 24.6 Å². The molecule has 1 aromatic rings. The van der Waals surface area contributed by atoms with Gasteiger partial charge in [-0.2, -0.15) is 0 Å². The highest BCUT2D eigenvalue weighted by molar-refractivity contribution is 7.99. The number of amides is 1. The highest BCUT2D eigenvalue weighted by atomic mass is 32.2. The number of carbonyl (C=O) groups is 3. The molecule has 3 N–H and O–H groups in total. The molecule has 2 atom stereocenters. The van der Waals surface area contributed by atoms with Crippen molar-refractivity contribution in [3.8, 4) is 5.75 Å². The van der Waals surface area contributed by atoms with E-state index in [0.717, 1.165) is 4.90 Å². The second-order valence-corrected chi connectivity index (χ2v) is 6.60. The van der Waals surface area contributed by atoms with E-state index in [1.165, 1.54) is 24.9 Å². The summed E-state index contributed by atoms with van der Waals surface area (Å²) in [6.45, 7) is 0. The molecule has 1 aliphatic heterocycles. The van der Waals surface area contributed by atoms with Gasteiger partial charge in [-0.25, -0.2) is 4.79 Å². The van der Waals surface area contributed by atoms with Crippen LogP contribution in [0.3, 0.4) is 0 Å². The molecule has 26 heavy (non-hydrogen) atoms. The normalized spacial score (nSPS) is 20.0. The van der Waals surface area contributed by atoms with E-state index in [2.05, 4.69) is 9.99 Å². The first-order valence-electron chi connectivity index (χ1n) is 7.59. The Bertz CT molecular complexity index is 737. The topological polar surface area (TPSA) is 137 Å². The van der Waals surface area contributed by atoms with Crippen LogP contribution in [0.5, 0.6) is 5.75 Å². The number of rotatable bonds is 7. The van der Waals surface area contributed by atoms with E-state index in [1.807, 2.05) is 0 Å². The number of oxime groups is 1. The van der Waals surface area contributed by atoms with Crippen LogP contribution in [-0.4, -0.2) is 62.7 Å². The van der Waals surface area contributed by atoms with Crippen LogP contribution in [0, 0.1) is 0 Å². The fraction of sp³-hybridized carbons (Fsp3) is 0.375. The van der Waals surface area contributed by atoms with Crippen molar-refractivity contribution in [1.29, 1.82) is 0 Å². The summed E-state index contributed by atoms with van der Waals surface area (Å²) in [5, 5.41) is 31.2. The van der Waals surface area contributed by atoms with Crippen molar-refractivity contribution >= 4 is 35.3 Å². The summed E-state index contributed by atoms with van der Waals surface area (Å²) in [4.78, 5) is 40.9. The summed E-state index contributed by atoms with van der Waals surface area (Å²) in [5.41, 5.74) is 0.389. The molecule has 1 heterocycles. The van der Waals surface area contributed by atoms with E-state index in [4.69, 9.17) is 5.11 Å². The molecular weight excluding hydrogens is 364 g/mol. The lowest BCUT2D eigenvalue weighted by atomic mass is 10.1. The third-order valence-electron chi connectivity index (χ3n) is 3.71. The lowest BCUT2D eigenvalue weighted by Crippen LogP contribution is -2.43. The molecule has 140 valence electrons. The second kappa shape index (κ2) is 8.56. The molecule has 0 aromatic heterocycles. The number of benzene rings is 1. The number of para-hydroxylation sites is 1. The van der Waals surface area contributed by atoms with Crippen LogP contribution in [0.15, 0.2) is 29.4 Å². The molecule has 0 bridgehead atoms. The second-order valence-electron chi connectivity index (χ2n) is 5.49. The predicted octanol–water partition coefficient (Wildman–Crippen LogP) is 1.29. The fourth-order valence-corrected chi connectivity index (χ4v) is 4.11. The Morgan fingerprint density at radius 3 is 2.54 bits per heavy atom. The van der Waals surface area contributed by atoms with Crippen molar-refractivity contribution in [3.05, 3.63) is 29.8 Å². The van der Waals surface area contributed by atoms with Crippen molar-refractivity contribution in [1.82, 2.24) is 4.90 Å². The summed E-state index contributed by atoms with van der Waals surface area (Å²) in [6.07, 6.45) is -0.895. The number of carboxylic acid groups (broad SMARTS) is 2. The van der Waals surface area contributed by atoms with Gasteiger partial charge in [-0.3, -0.25) is 9.59 Å². The van der Waals surface area contributed by atoms with Crippen LogP contribution in [0.2, 0.25) is 0 Å². The van der Waals surface area contributed by atoms with Gasteiger partial charge in [-0.05, 0) is 6.07 Å². The molecule has 1 aliphatic rings. The maximum atomic E-state index is 12.8. The Labute approximate surface area is 153 Å². The highest BCUT2D eigenvalue weighted by Crippen LogP contribution is 2.44. The van der Waals surface area contributed by atoms with Crippen LogP contribution in [0.1, 0.15) is 23.8 Å². The Morgan fingerprint density at radius 1 is 1.27 bits per heavy atom. The van der Waals surface area contributed by atoms with Crippen LogP contribution >= 0.6 is 11.8 Å². The number of hydrogen-bond acceptors (Lipinski definition) is 7. The minimum atomic E-state index is -1.18. The van der Waals surface area contributed by atoms with Crippen molar-refractivity contribution in [2.24, 2.45) is 5.16 Å². The van der Waals surface area contributed by atoms with Crippen LogP contribution in [0.25, 0.3) is 0 Å². The molecule has 0 radical (unpaired) electrons. The molecule has 1 aromatic carbocycles. The molecule has 10 heteroatoms. The Kier molecular flexibility index (Phi) is 6.45. The summed E-state index contributed by atoms with van der Waals surface area (Å²) < 4.78 is 0. The first-order valence-corrected chi connectivity index (χ1v) is 8.64. The first kappa shape index (κ1) is 19.6. The smallest absolute Gasteiger partial charge is 0.327 e. The van der Waals surface area contributed by atoms with Gasteiger partial charge in [0.25, 0.3) is 0 Å². The maximum Gasteiger partial charge on any atom is 0.327 e. The van der Waals surface area contributed by atoms with E-state index in [1.54, 1.807) is 18.2 Å². The largest absolute Gasteiger partial charge is 0.508 e. The molecule has 1 unspecified atom stereocenters. The lowest BCUT2D eigenvalue weighted by molar-refractivity contribution is -0.148. The van der Waals surface area contributed by atoms with Gasteiger partial charge in [0, 0.05) is 11.3 Å². The molecule has 1 saturated heterocycles. The molecule has 9 nitrogen and oxygen atoms in total. The lowest BCUT2D eigenvalue weighted by Gasteiger charge is -2.28. The number of carboxylic acids is 2. The molecule has 1 amide bonds. The maximum absolute atomic E-state index is 12.8. The number of aromatic hydroxyl groups is 1. The van der Waals surface area contributed by atoms with E-state index < -0.39 is 42.1 Å². The zero-order valence-electron chi connectivity index (χ0n) is 13.9. The third kappa shape index (κ3) is 4.45.